The number of carbonyl (C=O) groups excluding carboxylic acids is 2. The minimum Gasteiger partial charge on any atom is -0.462 e. The standard InChI is InChI=1S/C28H25NO3S/c1-2-32-28(31)26-24(22-16-10-5-11-17-22)19-33-27(26)29-25(30)18-23(20-12-6-3-7-13-20)21-14-8-4-9-15-21/h3-17,19,23H,2,18H2,1H3,(H,29,30). The van der Waals surface area contributed by atoms with Crippen molar-refractivity contribution in [2.24, 2.45) is 0 Å². The molecule has 0 spiro atoms. The van der Waals surface area contributed by atoms with Crippen LogP contribution in [0, 0.1) is 0 Å². The first kappa shape index (κ1) is 22.5. The minimum absolute atomic E-state index is 0.0907. The van der Waals surface area contributed by atoms with Crippen molar-refractivity contribution in [1.29, 1.82) is 0 Å². The number of hydrogen-bond acceptors (Lipinski definition) is 4. The van der Waals surface area contributed by atoms with Gasteiger partial charge in [-0.2, -0.15) is 0 Å². The van der Waals surface area contributed by atoms with Crippen LogP contribution in [0.3, 0.4) is 0 Å². The highest BCUT2D eigenvalue weighted by Gasteiger charge is 2.24. The van der Waals surface area contributed by atoms with Gasteiger partial charge in [0.1, 0.15) is 10.6 Å². The van der Waals surface area contributed by atoms with Gasteiger partial charge in [0.15, 0.2) is 0 Å². The van der Waals surface area contributed by atoms with E-state index in [2.05, 4.69) is 5.32 Å². The number of amides is 1. The third kappa shape index (κ3) is 5.38. The van der Waals surface area contributed by atoms with Crippen molar-refractivity contribution >= 4 is 28.2 Å². The first-order chi connectivity index (χ1) is 16.2. The molecular weight excluding hydrogens is 430 g/mol. The lowest BCUT2D eigenvalue weighted by atomic mass is 9.88. The molecule has 0 bridgehead atoms. The number of benzene rings is 3. The average Bonchev–Trinajstić information content (AvgIpc) is 3.28. The number of rotatable bonds is 8. The highest BCUT2D eigenvalue weighted by Crippen LogP contribution is 2.37. The Bertz CT molecular complexity index is 1160. The average molecular weight is 456 g/mol. The molecule has 0 aliphatic carbocycles. The van der Waals surface area contributed by atoms with Crippen molar-refractivity contribution in [3.05, 3.63) is 113 Å². The molecule has 0 aliphatic heterocycles. The molecule has 4 aromatic rings. The first-order valence-electron chi connectivity index (χ1n) is 10.9. The second-order valence-electron chi connectivity index (χ2n) is 7.57. The van der Waals surface area contributed by atoms with Gasteiger partial charge in [-0.3, -0.25) is 4.79 Å². The van der Waals surface area contributed by atoms with Crippen molar-refractivity contribution in [2.75, 3.05) is 11.9 Å². The summed E-state index contributed by atoms with van der Waals surface area (Å²) in [5, 5.41) is 5.39. The van der Waals surface area contributed by atoms with E-state index in [9.17, 15) is 9.59 Å². The Morgan fingerprint density at radius 3 is 1.94 bits per heavy atom. The molecule has 0 aliphatic rings. The summed E-state index contributed by atoms with van der Waals surface area (Å²) in [5.74, 6) is -0.678. The van der Waals surface area contributed by atoms with Crippen LogP contribution in [0.25, 0.3) is 11.1 Å². The Morgan fingerprint density at radius 1 is 0.848 bits per heavy atom. The van der Waals surface area contributed by atoms with Crippen molar-refractivity contribution in [3.63, 3.8) is 0 Å². The van der Waals surface area contributed by atoms with Gasteiger partial charge in [0.25, 0.3) is 0 Å². The second-order valence-corrected chi connectivity index (χ2v) is 8.45. The molecule has 1 N–H and O–H groups in total. The third-order valence-electron chi connectivity index (χ3n) is 5.40. The maximum atomic E-state index is 13.2. The van der Waals surface area contributed by atoms with Crippen molar-refractivity contribution in [3.8, 4) is 11.1 Å². The van der Waals surface area contributed by atoms with Crippen LogP contribution in [0.1, 0.15) is 40.7 Å². The Morgan fingerprint density at radius 2 is 1.39 bits per heavy atom. The van der Waals surface area contributed by atoms with Crippen LogP contribution in [0.15, 0.2) is 96.4 Å². The molecule has 0 saturated heterocycles. The summed E-state index contributed by atoms with van der Waals surface area (Å²) in [5.41, 5.74) is 4.21. The van der Waals surface area contributed by atoms with E-state index in [1.165, 1.54) is 11.3 Å². The number of nitrogens with one attached hydrogen (secondary N) is 1. The molecule has 1 heterocycles. The summed E-state index contributed by atoms with van der Waals surface area (Å²) in [6.07, 6.45) is 0.259. The van der Waals surface area contributed by atoms with Crippen molar-refractivity contribution in [1.82, 2.24) is 0 Å². The van der Waals surface area contributed by atoms with E-state index >= 15 is 0 Å². The molecular formula is C28H25NO3S. The fourth-order valence-corrected chi connectivity index (χ4v) is 4.82. The normalized spacial score (nSPS) is 10.7. The molecule has 0 unspecified atom stereocenters. The Labute approximate surface area is 197 Å². The van der Waals surface area contributed by atoms with Crippen LogP contribution in [0.5, 0.6) is 0 Å². The maximum absolute atomic E-state index is 13.2. The molecule has 5 heteroatoms. The lowest BCUT2D eigenvalue weighted by molar-refractivity contribution is -0.116. The lowest BCUT2D eigenvalue weighted by Gasteiger charge is -2.18. The molecule has 4 rings (SSSR count). The molecule has 1 amide bonds. The highest BCUT2D eigenvalue weighted by molar-refractivity contribution is 7.15. The molecule has 0 radical (unpaired) electrons. The van der Waals surface area contributed by atoms with Gasteiger partial charge in [-0.1, -0.05) is 91.0 Å². The minimum atomic E-state index is -0.435. The smallest absolute Gasteiger partial charge is 0.341 e. The summed E-state index contributed by atoms with van der Waals surface area (Å²) < 4.78 is 5.31. The molecule has 0 saturated carbocycles. The molecule has 0 atom stereocenters. The zero-order valence-electron chi connectivity index (χ0n) is 18.4. The largest absolute Gasteiger partial charge is 0.462 e. The number of anilines is 1. The predicted octanol–water partition coefficient (Wildman–Crippen LogP) is 6.75. The van der Waals surface area contributed by atoms with E-state index < -0.39 is 5.97 Å². The van der Waals surface area contributed by atoms with Crippen LogP contribution >= 0.6 is 11.3 Å². The zero-order valence-corrected chi connectivity index (χ0v) is 19.2. The van der Waals surface area contributed by atoms with Gasteiger partial charge in [-0.05, 0) is 23.6 Å². The Balaban J connectivity index is 1.62. The van der Waals surface area contributed by atoms with Crippen LogP contribution in [-0.4, -0.2) is 18.5 Å². The van der Waals surface area contributed by atoms with Crippen LogP contribution in [0.4, 0.5) is 5.00 Å². The highest BCUT2D eigenvalue weighted by atomic mass is 32.1. The van der Waals surface area contributed by atoms with Crippen LogP contribution in [-0.2, 0) is 9.53 Å². The Kier molecular flexibility index (Phi) is 7.33. The van der Waals surface area contributed by atoms with Gasteiger partial charge in [-0.25, -0.2) is 4.79 Å². The van der Waals surface area contributed by atoms with E-state index in [4.69, 9.17) is 4.74 Å². The van der Waals surface area contributed by atoms with Gasteiger partial charge in [0, 0.05) is 23.3 Å². The summed E-state index contributed by atoms with van der Waals surface area (Å²) >= 11 is 1.34. The fourth-order valence-electron chi connectivity index (χ4n) is 3.85. The topological polar surface area (TPSA) is 55.4 Å². The third-order valence-corrected chi connectivity index (χ3v) is 6.30. The number of hydrogen-bond donors (Lipinski definition) is 1. The zero-order chi connectivity index (χ0) is 23.0. The van der Waals surface area contributed by atoms with Crippen LogP contribution < -0.4 is 5.32 Å². The lowest BCUT2D eigenvalue weighted by Crippen LogP contribution is -2.18. The quantitative estimate of drug-likeness (QED) is 0.299. The van der Waals surface area contributed by atoms with Gasteiger partial charge < -0.3 is 10.1 Å². The molecule has 33 heavy (non-hydrogen) atoms. The summed E-state index contributed by atoms with van der Waals surface area (Å²) in [4.78, 5) is 26.0. The number of thiophene rings is 1. The first-order valence-corrected chi connectivity index (χ1v) is 11.8. The molecule has 0 fully saturated rings. The fraction of sp³-hybridized carbons (Fsp3) is 0.143. The van der Waals surface area contributed by atoms with E-state index in [-0.39, 0.29) is 24.9 Å². The van der Waals surface area contributed by atoms with Gasteiger partial charge in [0.05, 0.1) is 6.61 Å². The van der Waals surface area contributed by atoms with Crippen LogP contribution in [0.2, 0.25) is 0 Å². The molecule has 166 valence electrons. The summed E-state index contributed by atoms with van der Waals surface area (Å²) in [7, 11) is 0. The molecule has 1 aromatic heterocycles. The van der Waals surface area contributed by atoms with Gasteiger partial charge in [-0.15, -0.1) is 11.3 Å². The van der Waals surface area contributed by atoms with Gasteiger partial charge in [0.2, 0.25) is 5.91 Å². The Hall–Kier alpha value is -3.70. The van der Waals surface area contributed by atoms with Gasteiger partial charge >= 0.3 is 5.97 Å². The van der Waals surface area contributed by atoms with Crippen molar-refractivity contribution < 1.29 is 14.3 Å². The van der Waals surface area contributed by atoms with E-state index in [0.29, 0.717) is 10.6 Å². The number of carbonyl (C=O) groups is 2. The van der Waals surface area contributed by atoms with Crippen molar-refractivity contribution in [2.45, 2.75) is 19.3 Å². The van der Waals surface area contributed by atoms with E-state index in [1.807, 2.05) is 96.4 Å². The molecule has 3 aromatic carbocycles. The number of esters is 1. The monoisotopic (exact) mass is 455 g/mol. The SMILES string of the molecule is CCOC(=O)c1c(-c2ccccc2)csc1NC(=O)CC(c1ccccc1)c1ccccc1. The second kappa shape index (κ2) is 10.7. The maximum Gasteiger partial charge on any atom is 0.341 e. The van der Waals surface area contributed by atoms with E-state index in [0.717, 1.165) is 22.3 Å². The predicted molar refractivity (Wildman–Crippen MR) is 134 cm³/mol. The molecule has 4 nitrogen and oxygen atoms in total. The number of ether oxygens (including phenoxy) is 1. The van der Waals surface area contributed by atoms with E-state index in [1.54, 1.807) is 6.92 Å². The summed E-state index contributed by atoms with van der Waals surface area (Å²) in [6, 6.07) is 29.6. The summed E-state index contributed by atoms with van der Waals surface area (Å²) in [6.45, 7) is 2.04.